The van der Waals surface area contributed by atoms with Gasteiger partial charge in [0.1, 0.15) is 17.8 Å². The predicted octanol–water partition coefficient (Wildman–Crippen LogP) is 2.79. The van der Waals surface area contributed by atoms with E-state index in [4.69, 9.17) is 5.73 Å². The third kappa shape index (κ3) is 1.78. The molecule has 0 spiro atoms. The second-order valence-electron chi connectivity index (χ2n) is 4.40. The number of pyridine rings is 1. The van der Waals surface area contributed by atoms with Crippen LogP contribution in [-0.4, -0.2) is 15.2 Å². The van der Waals surface area contributed by atoms with Crippen molar-refractivity contribution in [3.63, 3.8) is 0 Å². The highest BCUT2D eigenvalue weighted by atomic mass is 16.1. The van der Waals surface area contributed by atoms with Crippen LogP contribution >= 0.6 is 0 Å². The molecule has 1 aromatic carbocycles. The van der Waals surface area contributed by atoms with Crippen molar-refractivity contribution < 1.29 is 4.79 Å². The van der Waals surface area contributed by atoms with E-state index in [9.17, 15) is 4.79 Å². The van der Waals surface area contributed by atoms with Gasteiger partial charge in [-0.3, -0.25) is 9.20 Å². The fourth-order valence-electron chi connectivity index (χ4n) is 2.22. The van der Waals surface area contributed by atoms with Crippen LogP contribution < -0.4 is 5.73 Å². The molecule has 4 nitrogen and oxygen atoms in total. The van der Waals surface area contributed by atoms with E-state index < -0.39 is 0 Å². The Hall–Kier alpha value is -2.62. The Morgan fingerprint density at radius 2 is 1.89 bits per heavy atom. The summed E-state index contributed by atoms with van der Waals surface area (Å²) in [6, 6.07) is 13.7. The number of carbonyl (C=O) groups excluding carboxylic acids is 1. The van der Waals surface area contributed by atoms with Crippen LogP contribution in [0, 0.1) is 0 Å². The van der Waals surface area contributed by atoms with Gasteiger partial charge < -0.3 is 5.73 Å². The zero-order valence-corrected chi connectivity index (χ0v) is 10.5. The van der Waals surface area contributed by atoms with Gasteiger partial charge in [-0.1, -0.05) is 30.3 Å². The molecule has 0 aliphatic carbocycles. The first kappa shape index (κ1) is 11.5. The van der Waals surface area contributed by atoms with Crippen molar-refractivity contribution in [3.05, 3.63) is 54.5 Å². The Kier molecular flexibility index (Phi) is 2.56. The molecule has 0 bridgehead atoms. The maximum atomic E-state index is 11.5. The molecule has 2 heterocycles. The molecule has 94 valence electrons. The number of carbonyl (C=O) groups is 1. The number of hydrogen-bond acceptors (Lipinski definition) is 3. The first-order valence-corrected chi connectivity index (χ1v) is 6.00. The number of imidazole rings is 1. The van der Waals surface area contributed by atoms with Gasteiger partial charge in [0, 0.05) is 12.5 Å². The van der Waals surface area contributed by atoms with Crippen molar-refractivity contribution in [2.75, 3.05) is 5.73 Å². The number of anilines is 1. The standard InChI is InChI=1S/C15H13N3O/c1-10(19)14-13-8-7-12(11-5-3-2-4-6-11)15(16)18(13)9-17-14/h2-9H,16H2,1H3. The molecule has 2 aromatic heterocycles. The van der Waals surface area contributed by atoms with Crippen LogP contribution in [0.1, 0.15) is 17.4 Å². The first-order chi connectivity index (χ1) is 9.18. The summed E-state index contributed by atoms with van der Waals surface area (Å²) in [4.78, 5) is 15.6. The Morgan fingerprint density at radius 3 is 2.58 bits per heavy atom. The molecule has 2 N–H and O–H groups in total. The summed E-state index contributed by atoms with van der Waals surface area (Å²) >= 11 is 0. The zero-order chi connectivity index (χ0) is 13.4. The lowest BCUT2D eigenvalue weighted by Gasteiger charge is -2.08. The van der Waals surface area contributed by atoms with Crippen molar-refractivity contribution in [3.8, 4) is 11.1 Å². The molecule has 19 heavy (non-hydrogen) atoms. The average molecular weight is 251 g/mol. The molecular formula is C15H13N3O. The Labute approximate surface area is 110 Å². The summed E-state index contributed by atoms with van der Waals surface area (Å²) in [6.07, 6.45) is 1.59. The average Bonchev–Trinajstić information content (AvgIpc) is 2.85. The predicted molar refractivity (Wildman–Crippen MR) is 75.0 cm³/mol. The summed E-state index contributed by atoms with van der Waals surface area (Å²) in [5.41, 5.74) is 9.34. The zero-order valence-electron chi connectivity index (χ0n) is 10.5. The van der Waals surface area contributed by atoms with Crippen LogP contribution in [0.4, 0.5) is 5.82 Å². The van der Waals surface area contributed by atoms with E-state index in [2.05, 4.69) is 4.98 Å². The third-order valence-corrected chi connectivity index (χ3v) is 3.17. The van der Waals surface area contributed by atoms with Crippen molar-refractivity contribution in [2.24, 2.45) is 0 Å². The molecule has 0 aliphatic heterocycles. The van der Waals surface area contributed by atoms with Gasteiger partial charge >= 0.3 is 0 Å². The molecule has 0 radical (unpaired) electrons. The molecule has 0 aliphatic rings. The normalized spacial score (nSPS) is 10.8. The van der Waals surface area contributed by atoms with E-state index in [1.807, 2.05) is 42.5 Å². The first-order valence-electron chi connectivity index (χ1n) is 6.00. The largest absolute Gasteiger partial charge is 0.384 e. The number of nitrogens with zero attached hydrogens (tertiary/aromatic N) is 2. The van der Waals surface area contributed by atoms with E-state index in [1.165, 1.54) is 6.92 Å². The maximum absolute atomic E-state index is 11.5. The molecule has 4 heteroatoms. The molecule has 0 fully saturated rings. The third-order valence-electron chi connectivity index (χ3n) is 3.17. The van der Waals surface area contributed by atoms with E-state index >= 15 is 0 Å². The van der Waals surface area contributed by atoms with Gasteiger partial charge in [0.05, 0.1) is 5.52 Å². The Bertz CT molecular complexity index is 760. The molecule has 0 atom stereocenters. The number of hydrogen-bond donors (Lipinski definition) is 1. The van der Waals surface area contributed by atoms with Crippen molar-refractivity contribution >= 4 is 17.1 Å². The lowest BCUT2D eigenvalue weighted by atomic mass is 10.1. The fourth-order valence-corrected chi connectivity index (χ4v) is 2.22. The number of fused-ring (bicyclic) bond motifs is 1. The Morgan fingerprint density at radius 1 is 1.16 bits per heavy atom. The van der Waals surface area contributed by atoms with E-state index in [-0.39, 0.29) is 5.78 Å². The van der Waals surface area contributed by atoms with Gasteiger partial charge in [-0.05, 0) is 17.7 Å². The molecule has 0 amide bonds. The summed E-state index contributed by atoms with van der Waals surface area (Å²) < 4.78 is 1.75. The second-order valence-corrected chi connectivity index (χ2v) is 4.40. The van der Waals surface area contributed by atoms with Gasteiger partial charge in [-0.25, -0.2) is 4.98 Å². The van der Waals surface area contributed by atoms with Crippen LogP contribution in [0.25, 0.3) is 16.6 Å². The summed E-state index contributed by atoms with van der Waals surface area (Å²) in [6.45, 7) is 1.50. The van der Waals surface area contributed by atoms with Crippen LogP contribution in [0.5, 0.6) is 0 Å². The van der Waals surface area contributed by atoms with Crippen LogP contribution in [0.2, 0.25) is 0 Å². The SMILES string of the molecule is CC(=O)c1ncn2c(N)c(-c3ccccc3)ccc12. The molecule has 0 unspecified atom stereocenters. The minimum absolute atomic E-state index is 0.0608. The van der Waals surface area contributed by atoms with Crippen molar-refractivity contribution in [1.82, 2.24) is 9.38 Å². The van der Waals surface area contributed by atoms with E-state index in [1.54, 1.807) is 10.7 Å². The lowest BCUT2D eigenvalue weighted by molar-refractivity contribution is 0.101. The van der Waals surface area contributed by atoms with Gasteiger partial charge in [0.25, 0.3) is 0 Å². The molecular weight excluding hydrogens is 238 g/mol. The highest BCUT2D eigenvalue weighted by molar-refractivity contribution is 5.99. The van der Waals surface area contributed by atoms with Gasteiger partial charge in [0.15, 0.2) is 5.78 Å². The molecule has 3 aromatic rings. The van der Waals surface area contributed by atoms with Gasteiger partial charge in [0.2, 0.25) is 0 Å². The number of aromatic nitrogens is 2. The summed E-state index contributed by atoms with van der Waals surface area (Å²) in [5.74, 6) is 0.526. The second kappa shape index (κ2) is 4.24. The van der Waals surface area contributed by atoms with Gasteiger partial charge in [-0.15, -0.1) is 0 Å². The molecule has 0 saturated heterocycles. The minimum atomic E-state index is -0.0608. The van der Waals surface area contributed by atoms with Gasteiger partial charge in [-0.2, -0.15) is 0 Å². The van der Waals surface area contributed by atoms with Crippen LogP contribution in [-0.2, 0) is 0 Å². The molecule has 3 rings (SSSR count). The minimum Gasteiger partial charge on any atom is -0.384 e. The van der Waals surface area contributed by atoms with Crippen LogP contribution in [0.3, 0.4) is 0 Å². The Balaban J connectivity index is 2.26. The number of ketones is 1. The lowest BCUT2D eigenvalue weighted by Crippen LogP contribution is -2.00. The molecule has 0 saturated carbocycles. The number of nitrogen functional groups attached to an aromatic ring is 1. The monoisotopic (exact) mass is 251 g/mol. The number of nitrogens with two attached hydrogens (primary N) is 1. The smallest absolute Gasteiger partial charge is 0.180 e. The van der Waals surface area contributed by atoms with E-state index in [0.717, 1.165) is 16.6 Å². The summed E-state index contributed by atoms with van der Waals surface area (Å²) in [7, 11) is 0. The number of rotatable bonds is 2. The van der Waals surface area contributed by atoms with Crippen molar-refractivity contribution in [2.45, 2.75) is 6.92 Å². The summed E-state index contributed by atoms with van der Waals surface area (Å²) in [5, 5.41) is 0. The number of benzene rings is 1. The van der Waals surface area contributed by atoms with Crippen molar-refractivity contribution in [1.29, 1.82) is 0 Å². The van der Waals surface area contributed by atoms with Crippen LogP contribution in [0.15, 0.2) is 48.8 Å². The topological polar surface area (TPSA) is 60.4 Å². The van der Waals surface area contributed by atoms with E-state index in [0.29, 0.717) is 11.5 Å². The number of Topliss-reactive ketones (excluding diaryl/α,β-unsaturated/α-hetero) is 1. The fraction of sp³-hybridized carbons (Fsp3) is 0.0667. The maximum Gasteiger partial charge on any atom is 0.180 e. The highest BCUT2D eigenvalue weighted by Gasteiger charge is 2.12. The highest BCUT2D eigenvalue weighted by Crippen LogP contribution is 2.27. The quantitative estimate of drug-likeness (QED) is 0.712.